The smallest absolute Gasteiger partial charge is 0.319 e. The van der Waals surface area contributed by atoms with E-state index in [1.165, 1.54) is 17.2 Å². The number of carbonyl (C=O) groups excluding carboxylic acids is 1. The van der Waals surface area contributed by atoms with Gasteiger partial charge in [-0.3, -0.25) is 0 Å². The number of amides is 2. The highest BCUT2D eigenvalue weighted by Crippen LogP contribution is 2.24. The molecule has 0 radical (unpaired) electrons. The first kappa shape index (κ1) is 15.0. The van der Waals surface area contributed by atoms with Gasteiger partial charge in [-0.05, 0) is 44.5 Å². The molecule has 20 heavy (non-hydrogen) atoms. The predicted octanol–water partition coefficient (Wildman–Crippen LogP) is 3.08. The number of hydrogen-bond acceptors (Lipinski definition) is 3. The number of thioether (sulfide) groups is 1. The van der Waals surface area contributed by atoms with E-state index in [0.717, 1.165) is 24.3 Å². The number of hydrogen-bond donors (Lipinski definition) is 2. The van der Waals surface area contributed by atoms with E-state index in [9.17, 15) is 4.79 Å². The number of nitrogens with one attached hydrogen (secondary N) is 2. The molecule has 1 saturated heterocycles. The van der Waals surface area contributed by atoms with Gasteiger partial charge in [-0.15, -0.1) is 0 Å². The summed E-state index contributed by atoms with van der Waals surface area (Å²) in [5, 5.41) is 5.73. The van der Waals surface area contributed by atoms with Gasteiger partial charge in [0.25, 0.3) is 0 Å². The molecule has 1 fully saturated rings. The zero-order valence-corrected chi connectivity index (χ0v) is 13.2. The van der Waals surface area contributed by atoms with Gasteiger partial charge in [0, 0.05) is 42.0 Å². The molecule has 0 atom stereocenters. The molecule has 1 aromatic carbocycles. The van der Waals surface area contributed by atoms with Crippen molar-refractivity contribution in [3.8, 4) is 0 Å². The van der Waals surface area contributed by atoms with Crippen LogP contribution in [-0.2, 0) is 0 Å². The number of rotatable bonds is 3. The molecule has 1 aliphatic heterocycles. The lowest BCUT2D eigenvalue weighted by Crippen LogP contribution is -2.34. The summed E-state index contributed by atoms with van der Waals surface area (Å²) in [4.78, 5) is 14.1. The largest absolute Gasteiger partial charge is 0.370 e. The zero-order chi connectivity index (χ0) is 14.5. The minimum Gasteiger partial charge on any atom is -0.370 e. The van der Waals surface area contributed by atoms with Crippen LogP contribution in [0.15, 0.2) is 18.2 Å². The van der Waals surface area contributed by atoms with Crippen LogP contribution in [0.5, 0.6) is 0 Å². The van der Waals surface area contributed by atoms with Crippen LogP contribution in [0.1, 0.15) is 19.4 Å². The van der Waals surface area contributed by atoms with Crippen LogP contribution in [-0.4, -0.2) is 36.7 Å². The molecule has 2 rings (SSSR count). The van der Waals surface area contributed by atoms with Crippen LogP contribution in [0.4, 0.5) is 16.2 Å². The van der Waals surface area contributed by atoms with E-state index in [2.05, 4.69) is 27.7 Å². The lowest BCUT2D eigenvalue weighted by molar-refractivity contribution is 0.250. The van der Waals surface area contributed by atoms with Crippen molar-refractivity contribution in [1.82, 2.24) is 5.32 Å². The molecule has 1 heterocycles. The summed E-state index contributed by atoms with van der Waals surface area (Å²) in [5.41, 5.74) is 3.22. The summed E-state index contributed by atoms with van der Waals surface area (Å²) in [5.74, 6) is 2.38. The SMILES string of the molecule is Cc1cc(N2CCSCC2)ccc1NC(=O)NC(C)C. The molecule has 110 valence electrons. The minimum absolute atomic E-state index is 0.139. The van der Waals surface area contributed by atoms with E-state index in [1.54, 1.807) is 0 Å². The van der Waals surface area contributed by atoms with E-state index in [0.29, 0.717) is 0 Å². The molecule has 0 unspecified atom stereocenters. The van der Waals surface area contributed by atoms with Gasteiger partial charge in [0.15, 0.2) is 0 Å². The Morgan fingerprint density at radius 2 is 2.00 bits per heavy atom. The number of benzene rings is 1. The normalized spacial score (nSPS) is 15.3. The molecule has 4 nitrogen and oxygen atoms in total. The monoisotopic (exact) mass is 293 g/mol. The summed E-state index contributed by atoms with van der Waals surface area (Å²) < 4.78 is 0. The molecule has 0 bridgehead atoms. The van der Waals surface area contributed by atoms with E-state index in [4.69, 9.17) is 0 Å². The molecule has 0 spiro atoms. The van der Waals surface area contributed by atoms with Crippen molar-refractivity contribution in [1.29, 1.82) is 0 Å². The predicted molar refractivity (Wildman–Crippen MR) is 88.0 cm³/mol. The van der Waals surface area contributed by atoms with E-state index < -0.39 is 0 Å². The first-order chi connectivity index (χ1) is 9.56. The molecule has 0 saturated carbocycles. The lowest BCUT2D eigenvalue weighted by atomic mass is 10.1. The average Bonchev–Trinajstić information content (AvgIpc) is 2.41. The third-order valence-corrected chi connectivity index (χ3v) is 4.20. The van der Waals surface area contributed by atoms with Gasteiger partial charge in [-0.2, -0.15) is 11.8 Å². The fraction of sp³-hybridized carbons (Fsp3) is 0.533. The number of anilines is 2. The highest BCUT2D eigenvalue weighted by Gasteiger charge is 2.12. The molecule has 2 N–H and O–H groups in total. The quantitative estimate of drug-likeness (QED) is 0.900. The fourth-order valence-corrected chi connectivity index (χ4v) is 3.13. The van der Waals surface area contributed by atoms with Crippen LogP contribution >= 0.6 is 11.8 Å². The number of nitrogens with zero attached hydrogens (tertiary/aromatic N) is 1. The summed E-state index contributed by atoms with van der Waals surface area (Å²) in [6.07, 6.45) is 0. The first-order valence-corrected chi connectivity index (χ1v) is 8.22. The van der Waals surface area contributed by atoms with Gasteiger partial charge < -0.3 is 15.5 Å². The molecule has 0 aromatic heterocycles. The van der Waals surface area contributed by atoms with Crippen molar-refractivity contribution in [2.75, 3.05) is 34.8 Å². The van der Waals surface area contributed by atoms with Crippen LogP contribution in [0.3, 0.4) is 0 Å². The van der Waals surface area contributed by atoms with E-state index in [-0.39, 0.29) is 12.1 Å². The number of carbonyl (C=O) groups is 1. The third-order valence-electron chi connectivity index (χ3n) is 3.25. The van der Waals surface area contributed by atoms with Crippen LogP contribution in [0.2, 0.25) is 0 Å². The van der Waals surface area contributed by atoms with Gasteiger partial charge in [-0.1, -0.05) is 0 Å². The Labute approximate surface area is 125 Å². The Morgan fingerprint density at radius 3 is 2.60 bits per heavy atom. The standard InChI is InChI=1S/C15H23N3OS/c1-11(2)16-15(19)17-14-5-4-13(10-12(14)3)18-6-8-20-9-7-18/h4-5,10-11H,6-9H2,1-3H3,(H2,16,17,19). The Hall–Kier alpha value is -1.36. The maximum Gasteiger partial charge on any atom is 0.319 e. The molecule has 0 aliphatic carbocycles. The van der Waals surface area contributed by atoms with Crippen molar-refractivity contribution < 1.29 is 4.79 Å². The highest BCUT2D eigenvalue weighted by atomic mass is 32.2. The molecule has 2 amide bonds. The summed E-state index contributed by atoms with van der Waals surface area (Å²) in [6.45, 7) is 8.14. The van der Waals surface area contributed by atoms with Crippen LogP contribution in [0.25, 0.3) is 0 Å². The van der Waals surface area contributed by atoms with E-state index in [1.807, 2.05) is 38.6 Å². The Bertz CT molecular complexity index is 470. The summed E-state index contributed by atoms with van der Waals surface area (Å²) in [6, 6.07) is 6.23. The maximum absolute atomic E-state index is 11.7. The Morgan fingerprint density at radius 1 is 1.30 bits per heavy atom. The van der Waals surface area contributed by atoms with Crippen LogP contribution in [0, 0.1) is 6.92 Å². The minimum atomic E-state index is -0.148. The molecular weight excluding hydrogens is 270 g/mol. The summed E-state index contributed by atoms with van der Waals surface area (Å²) in [7, 11) is 0. The van der Waals surface area contributed by atoms with Crippen molar-refractivity contribution in [2.45, 2.75) is 26.8 Å². The second-order valence-electron chi connectivity index (χ2n) is 5.35. The van der Waals surface area contributed by atoms with Gasteiger partial charge in [-0.25, -0.2) is 4.79 Å². The lowest BCUT2D eigenvalue weighted by Gasteiger charge is -2.29. The Kier molecular flexibility index (Phi) is 5.17. The number of aryl methyl sites for hydroxylation is 1. The molecular formula is C15H23N3OS. The Balaban J connectivity index is 2.03. The van der Waals surface area contributed by atoms with Crippen LogP contribution < -0.4 is 15.5 Å². The van der Waals surface area contributed by atoms with Crippen molar-refractivity contribution in [3.63, 3.8) is 0 Å². The average molecular weight is 293 g/mol. The van der Waals surface area contributed by atoms with Gasteiger partial charge >= 0.3 is 6.03 Å². The molecule has 1 aromatic rings. The van der Waals surface area contributed by atoms with Crippen molar-refractivity contribution >= 4 is 29.2 Å². The first-order valence-electron chi connectivity index (χ1n) is 7.07. The third kappa shape index (κ3) is 4.07. The molecule has 5 heteroatoms. The maximum atomic E-state index is 11.7. The van der Waals surface area contributed by atoms with Gasteiger partial charge in [0.2, 0.25) is 0 Å². The van der Waals surface area contributed by atoms with E-state index >= 15 is 0 Å². The molecule has 1 aliphatic rings. The van der Waals surface area contributed by atoms with Crippen molar-refractivity contribution in [3.05, 3.63) is 23.8 Å². The topological polar surface area (TPSA) is 44.4 Å². The zero-order valence-electron chi connectivity index (χ0n) is 12.4. The van der Waals surface area contributed by atoms with Gasteiger partial charge in [0.05, 0.1) is 0 Å². The highest BCUT2D eigenvalue weighted by molar-refractivity contribution is 7.99. The second kappa shape index (κ2) is 6.88. The summed E-state index contributed by atoms with van der Waals surface area (Å²) >= 11 is 2.01. The van der Waals surface area contributed by atoms with Gasteiger partial charge in [0.1, 0.15) is 0 Å². The second-order valence-corrected chi connectivity index (χ2v) is 6.58. The van der Waals surface area contributed by atoms with Crippen molar-refractivity contribution in [2.24, 2.45) is 0 Å². The number of urea groups is 1. The fourth-order valence-electron chi connectivity index (χ4n) is 2.23.